The lowest BCUT2D eigenvalue weighted by atomic mass is 10.4. The van der Waals surface area contributed by atoms with Gasteiger partial charge in [0.05, 0.1) is 17.0 Å². The zero-order valence-electron chi connectivity index (χ0n) is 8.98. The highest BCUT2D eigenvalue weighted by molar-refractivity contribution is 9.10. The Morgan fingerprint density at radius 1 is 1.21 bits per heavy atom. The minimum absolute atomic E-state index is 0.0134. The second kappa shape index (κ2) is 4.02. The number of halogens is 4. The number of fused-ring (bicyclic) bond motifs is 1. The highest BCUT2D eigenvalue weighted by Gasteiger charge is 2.38. The Balaban J connectivity index is 2.31. The summed E-state index contributed by atoms with van der Waals surface area (Å²) < 4.78 is 39.5. The lowest BCUT2D eigenvalue weighted by Crippen LogP contribution is -2.15. The summed E-state index contributed by atoms with van der Waals surface area (Å²) in [6, 6.07) is 0. The molecule has 0 saturated carbocycles. The van der Waals surface area contributed by atoms with Gasteiger partial charge in [-0.1, -0.05) is 0 Å². The fraction of sp³-hybridized carbons (Fsp3) is 0.111. The van der Waals surface area contributed by atoms with E-state index < -0.39 is 11.9 Å². The summed E-state index contributed by atoms with van der Waals surface area (Å²) in [7, 11) is 0. The monoisotopic (exact) mass is 332 g/mol. The van der Waals surface area contributed by atoms with Crippen LogP contribution >= 0.6 is 15.9 Å². The number of aromatic amines is 1. The zero-order valence-corrected chi connectivity index (χ0v) is 10.6. The van der Waals surface area contributed by atoms with Crippen LogP contribution in [-0.2, 0) is 6.18 Å². The van der Waals surface area contributed by atoms with Crippen molar-refractivity contribution in [1.82, 2.24) is 29.7 Å². The predicted molar refractivity (Wildman–Crippen MR) is 61.5 cm³/mol. The van der Waals surface area contributed by atoms with Crippen molar-refractivity contribution in [2.75, 3.05) is 0 Å². The van der Waals surface area contributed by atoms with Crippen molar-refractivity contribution < 1.29 is 13.2 Å². The third-order valence-electron chi connectivity index (χ3n) is 2.40. The molecule has 19 heavy (non-hydrogen) atoms. The van der Waals surface area contributed by atoms with E-state index in [4.69, 9.17) is 0 Å². The topological polar surface area (TPSA) is 72.3 Å². The van der Waals surface area contributed by atoms with Gasteiger partial charge in [-0.3, -0.25) is 0 Å². The molecule has 0 spiro atoms. The number of hydrogen-bond acceptors (Lipinski definition) is 4. The Labute approximate surface area is 111 Å². The maximum absolute atomic E-state index is 13.0. The van der Waals surface area contributed by atoms with Crippen LogP contribution in [0, 0.1) is 0 Å². The van der Waals surface area contributed by atoms with E-state index in [2.05, 4.69) is 41.0 Å². The van der Waals surface area contributed by atoms with Gasteiger partial charge in [-0.05, 0) is 15.9 Å². The normalized spacial score (nSPS) is 12.2. The summed E-state index contributed by atoms with van der Waals surface area (Å²) in [6.45, 7) is 0. The molecule has 0 atom stereocenters. The molecule has 0 aliphatic carbocycles. The predicted octanol–water partition coefficient (Wildman–Crippen LogP) is 2.32. The van der Waals surface area contributed by atoms with Gasteiger partial charge in [-0.2, -0.15) is 18.3 Å². The van der Waals surface area contributed by atoms with Crippen molar-refractivity contribution in [3.05, 3.63) is 29.0 Å². The van der Waals surface area contributed by atoms with E-state index in [9.17, 15) is 13.2 Å². The molecule has 6 nitrogen and oxygen atoms in total. The van der Waals surface area contributed by atoms with Gasteiger partial charge in [0.2, 0.25) is 0 Å². The van der Waals surface area contributed by atoms with Crippen LogP contribution in [0.5, 0.6) is 0 Å². The van der Waals surface area contributed by atoms with Gasteiger partial charge in [-0.25, -0.2) is 19.6 Å². The minimum atomic E-state index is -4.56. The zero-order chi connectivity index (χ0) is 13.6. The Bertz CT molecular complexity index is 746. The standard InChI is InChI=1S/C9H4BrF3N6/c10-4-1-18-19(6(4)9(11,12)13)8-5-7(15-2-14-5)16-3-17-8/h1-3H,(H,14,15,16,17). The number of H-pyrrole nitrogens is 1. The second-order valence-electron chi connectivity index (χ2n) is 3.55. The number of hydrogen-bond donors (Lipinski definition) is 1. The maximum atomic E-state index is 13.0. The molecule has 0 fully saturated rings. The van der Waals surface area contributed by atoms with Gasteiger partial charge in [0.25, 0.3) is 0 Å². The molecular formula is C9H4BrF3N6. The van der Waals surface area contributed by atoms with Crippen LogP contribution in [0.25, 0.3) is 17.0 Å². The summed E-state index contributed by atoms with van der Waals surface area (Å²) in [4.78, 5) is 14.2. The average Bonchev–Trinajstić information content (AvgIpc) is 2.93. The number of alkyl halides is 3. The molecule has 3 aromatic heterocycles. The van der Waals surface area contributed by atoms with E-state index in [-0.39, 0.29) is 21.5 Å². The third kappa shape index (κ3) is 1.87. The smallest absolute Gasteiger partial charge is 0.340 e. The van der Waals surface area contributed by atoms with E-state index >= 15 is 0 Å². The van der Waals surface area contributed by atoms with Crippen molar-refractivity contribution in [2.24, 2.45) is 0 Å². The molecule has 0 saturated heterocycles. The first kappa shape index (κ1) is 12.1. The molecule has 0 unspecified atom stereocenters. The van der Waals surface area contributed by atoms with Crippen LogP contribution in [0.2, 0.25) is 0 Å². The highest BCUT2D eigenvalue weighted by Crippen LogP contribution is 2.36. The fourth-order valence-corrected chi connectivity index (χ4v) is 2.14. The Morgan fingerprint density at radius 3 is 2.74 bits per heavy atom. The number of nitrogens with one attached hydrogen (secondary N) is 1. The summed E-state index contributed by atoms with van der Waals surface area (Å²) in [5.41, 5.74) is -0.393. The van der Waals surface area contributed by atoms with Gasteiger partial charge >= 0.3 is 6.18 Å². The number of nitrogens with zero attached hydrogens (tertiary/aromatic N) is 5. The van der Waals surface area contributed by atoms with E-state index in [0.717, 1.165) is 12.5 Å². The Hall–Kier alpha value is -1.97. The fourth-order valence-electron chi connectivity index (χ4n) is 1.66. The first-order valence-electron chi connectivity index (χ1n) is 4.93. The number of aromatic nitrogens is 6. The number of imidazole rings is 1. The Morgan fingerprint density at radius 2 is 2.00 bits per heavy atom. The SMILES string of the molecule is FC(F)(F)c1c(Br)cnn1-c1ncnc2nc[nH]c12. The highest BCUT2D eigenvalue weighted by atomic mass is 79.9. The van der Waals surface area contributed by atoms with Crippen LogP contribution in [0.3, 0.4) is 0 Å². The third-order valence-corrected chi connectivity index (χ3v) is 2.98. The molecule has 0 amide bonds. The molecule has 10 heteroatoms. The van der Waals surface area contributed by atoms with Crippen molar-refractivity contribution >= 4 is 27.1 Å². The van der Waals surface area contributed by atoms with Gasteiger partial charge < -0.3 is 4.98 Å². The summed E-state index contributed by atoms with van der Waals surface area (Å²) in [5, 5.41) is 3.69. The van der Waals surface area contributed by atoms with E-state index in [0.29, 0.717) is 4.68 Å². The molecular weight excluding hydrogens is 329 g/mol. The summed E-state index contributed by atoms with van der Waals surface area (Å²) in [5.74, 6) is -0.0134. The van der Waals surface area contributed by atoms with Crippen molar-refractivity contribution in [3.63, 3.8) is 0 Å². The molecule has 0 aliphatic rings. The maximum Gasteiger partial charge on any atom is 0.434 e. The Kier molecular flexibility index (Phi) is 2.55. The molecule has 3 heterocycles. The first-order chi connectivity index (χ1) is 8.98. The minimum Gasteiger partial charge on any atom is -0.340 e. The van der Waals surface area contributed by atoms with E-state index in [1.165, 1.54) is 6.33 Å². The number of rotatable bonds is 1. The van der Waals surface area contributed by atoms with Crippen LogP contribution in [-0.4, -0.2) is 29.7 Å². The van der Waals surface area contributed by atoms with E-state index in [1.807, 2.05) is 0 Å². The molecule has 0 radical (unpaired) electrons. The van der Waals surface area contributed by atoms with Crippen LogP contribution in [0.1, 0.15) is 5.69 Å². The van der Waals surface area contributed by atoms with Crippen molar-refractivity contribution in [1.29, 1.82) is 0 Å². The summed E-state index contributed by atoms with van der Waals surface area (Å²) in [6.07, 6.45) is -1.04. The van der Waals surface area contributed by atoms with Gasteiger partial charge in [0.15, 0.2) is 17.2 Å². The second-order valence-corrected chi connectivity index (χ2v) is 4.40. The van der Waals surface area contributed by atoms with Crippen LogP contribution in [0.15, 0.2) is 23.3 Å². The van der Waals surface area contributed by atoms with Crippen molar-refractivity contribution in [3.8, 4) is 5.82 Å². The van der Waals surface area contributed by atoms with E-state index in [1.54, 1.807) is 0 Å². The molecule has 3 rings (SSSR count). The van der Waals surface area contributed by atoms with Gasteiger partial charge in [-0.15, -0.1) is 0 Å². The first-order valence-corrected chi connectivity index (χ1v) is 5.73. The lowest BCUT2D eigenvalue weighted by Gasteiger charge is -2.10. The van der Waals surface area contributed by atoms with Gasteiger partial charge in [0.1, 0.15) is 11.8 Å². The molecule has 98 valence electrons. The molecule has 1 N–H and O–H groups in total. The molecule has 0 aromatic carbocycles. The molecule has 0 bridgehead atoms. The molecule has 3 aromatic rings. The van der Waals surface area contributed by atoms with Gasteiger partial charge in [0, 0.05) is 0 Å². The van der Waals surface area contributed by atoms with Crippen molar-refractivity contribution in [2.45, 2.75) is 6.18 Å². The van der Waals surface area contributed by atoms with Crippen LogP contribution < -0.4 is 0 Å². The molecule has 0 aliphatic heterocycles. The quantitative estimate of drug-likeness (QED) is 0.742. The summed E-state index contributed by atoms with van der Waals surface area (Å²) >= 11 is 2.83. The largest absolute Gasteiger partial charge is 0.434 e. The average molecular weight is 333 g/mol. The van der Waals surface area contributed by atoms with Crippen LogP contribution in [0.4, 0.5) is 13.2 Å². The lowest BCUT2D eigenvalue weighted by molar-refractivity contribution is -0.143.